The van der Waals surface area contributed by atoms with Gasteiger partial charge in [0, 0.05) is 19.7 Å². The molecule has 6 rings (SSSR count). The number of aromatic nitrogens is 3. The van der Waals surface area contributed by atoms with E-state index in [0.29, 0.717) is 10.9 Å². The van der Waals surface area contributed by atoms with Crippen LogP contribution in [0.25, 0.3) is 27.8 Å². The molecule has 3 aromatic carbocycles. The minimum atomic E-state index is -0.499. The highest BCUT2D eigenvalue weighted by Crippen LogP contribution is 2.47. The molecular weight excluding hydrogens is 450 g/mol. The summed E-state index contributed by atoms with van der Waals surface area (Å²) < 4.78 is 11.6. The maximum absolute atomic E-state index is 13.8. The Kier molecular flexibility index (Phi) is 4.83. The molecule has 0 saturated carbocycles. The molecule has 0 aliphatic carbocycles. The molecule has 36 heavy (non-hydrogen) atoms. The molecule has 1 atom stereocenters. The van der Waals surface area contributed by atoms with E-state index < -0.39 is 6.10 Å². The summed E-state index contributed by atoms with van der Waals surface area (Å²) in [6.45, 7) is 6.13. The van der Waals surface area contributed by atoms with E-state index in [9.17, 15) is 9.59 Å². The molecule has 0 amide bonds. The largest absolute Gasteiger partial charge is 0.477 e. The maximum atomic E-state index is 13.8. The van der Waals surface area contributed by atoms with Gasteiger partial charge in [-0.3, -0.25) is 13.9 Å². The Labute approximate surface area is 208 Å². The van der Waals surface area contributed by atoms with Gasteiger partial charge in [0.1, 0.15) is 5.75 Å². The number of ether oxygens (including phenoxy) is 1. The summed E-state index contributed by atoms with van der Waals surface area (Å²) in [5.41, 5.74) is 7.50. The van der Waals surface area contributed by atoms with Gasteiger partial charge in [0.2, 0.25) is 0 Å². The van der Waals surface area contributed by atoms with Gasteiger partial charge in [0.05, 0.1) is 28.0 Å². The lowest BCUT2D eigenvalue weighted by atomic mass is 9.98. The zero-order valence-corrected chi connectivity index (χ0v) is 21.0. The van der Waals surface area contributed by atoms with Crippen LogP contribution in [0.2, 0.25) is 0 Å². The Morgan fingerprint density at radius 2 is 1.50 bits per heavy atom. The van der Waals surface area contributed by atoms with Crippen LogP contribution < -0.4 is 16.0 Å². The third-order valence-electron chi connectivity index (χ3n) is 7.25. The van der Waals surface area contributed by atoms with Crippen LogP contribution in [0, 0.1) is 20.8 Å². The van der Waals surface area contributed by atoms with E-state index in [-0.39, 0.29) is 11.2 Å². The van der Waals surface area contributed by atoms with Crippen LogP contribution in [-0.2, 0) is 14.1 Å². The second kappa shape index (κ2) is 7.85. The van der Waals surface area contributed by atoms with Gasteiger partial charge >= 0.3 is 5.69 Å². The average molecular weight is 478 g/mol. The number of aryl methyl sites for hydroxylation is 4. The fraction of sp³-hybridized carbons (Fsp3) is 0.200. The highest BCUT2D eigenvalue weighted by Gasteiger charge is 2.36. The highest BCUT2D eigenvalue weighted by molar-refractivity contribution is 5.98. The molecule has 0 spiro atoms. The SMILES string of the molecule is Cc1ccc(-c2c3c(=O)n(C)c(=O)n(C)c3c3n2-c2cc(C)ccc2O[C@@H]3c2ccccc2C)cc1. The lowest BCUT2D eigenvalue weighted by molar-refractivity contribution is 0.228. The quantitative estimate of drug-likeness (QED) is 0.355. The molecule has 180 valence electrons. The van der Waals surface area contributed by atoms with Crippen LogP contribution in [0.3, 0.4) is 0 Å². The van der Waals surface area contributed by atoms with Gasteiger partial charge in [-0.15, -0.1) is 0 Å². The number of nitrogens with zero attached hydrogens (tertiary/aromatic N) is 3. The molecule has 0 radical (unpaired) electrons. The van der Waals surface area contributed by atoms with Crippen molar-refractivity contribution in [2.75, 3.05) is 0 Å². The molecule has 6 heteroatoms. The van der Waals surface area contributed by atoms with Gasteiger partial charge < -0.3 is 9.30 Å². The van der Waals surface area contributed by atoms with Crippen LogP contribution in [0.4, 0.5) is 0 Å². The molecule has 5 aromatic rings. The predicted octanol–water partition coefficient (Wildman–Crippen LogP) is 5.10. The van der Waals surface area contributed by atoms with E-state index in [4.69, 9.17) is 4.74 Å². The van der Waals surface area contributed by atoms with Crippen molar-refractivity contribution in [1.29, 1.82) is 0 Å². The van der Waals surface area contributed by atoms with E-state index in [2.05, 4.69) is 23.6 Å². The second-order valence-corrected chi connectivity index (χ2v) is 9.69. The number of hydrogen-bond acceptors (Lipinski definition) is 3. The summed E-state index contributed by atoms with van der Waals surface area (Å²) in [4.78, 5) is 26.9. The lowest BCUT2D eigenvalue weighted by Gasteiger charge is -2.31. The zero-order chi connectivity index (χ0) is 25.3. The molecule has 0 bridgehead atoms. The second-order valence-electron chi connectivity index (χ2n) is 9.69. The number of benzene rings is 3. The Bertz CT molecular complexity index is 1800. The van der Waals surface area contributed by atoms with Crippen molar-refractivity contribution >= 4 is 10.9 Å². The molecule has 1 aliphatic rings. The summed E-state index contributed by atoms with van der Waals surface area (Å²) in [7, 11) is 3.26. The molecule has 0 fully saturated rings. The van der Waals surface area contributed by atoms with E-state index in [1.54, 1.807) is 11.6 Å². The monoisotopic (exact) mass is 477 g/mol. The van der Waals surface area contributed by atoms with Gasteiger partial charge in [-0.25, -0.2) is 4.79 Å². The fourth-order valence-electron chi connectivity index (χ4n) is 5.35. The van der Waals surface area contributed by atoms with Crippen molar-refractivity contribution in [1.82, 2.24) is 13.7 Å². The fourth-order valence-corrected chi connectivity index (χ4v) is 5.35. The van der Waals surface area contributed by atoms with Crippen LogP contribution in [0.5, 0.6) is 5.75 Å². The molecule has 0 N–H and O–H groups in total. The smallest absolute Gasteiger partial charge is 0.331 e. The van der Waals surface area contributed by atoms with Crippen LogP contribution in [-0.4, -0.2) is 13.7 Å². The molecule has 0 saturated heterocycles. The van der Waals surface area contributed by atoms with Gasteiger partial charge in [-0.2, -0.15) is 0 Å². The summed E-state index contributed by atoms with van der Waals surface area (Å²) in [5, 5.41) is 0.509. The predicted molar refractivity (Wildman–Crippen MR) is 142 cm³/mol. The first-order valence-electron chi connectivity index (χ1n) is 12.0. The zero-order valence-electron chi connectivity index (χ0n) is 21.0. The first-order valence-corrected chi connectivity index (χ1v) is 12.0. The van der Waals surface area contributed by atoms with Crippen LogP contribution >= 0.6 is 0 Å². The first-order chi connectivity index (χ1) is 17.3. The minimum absolute atomic E-state index is 0.316. The summed E-state index contributed by atoms with van der Waals surface area (Å²) in [5.74, 6) is 0.733. The van der Waals surface area contributed by atoms with Crippen LogP contribution in [0.15, 0.2) is 76.3 Å². The van der Waals surface area contributed by atoms with Crippen molar-refractivity contribution in [3.63, 3.8) is 0 Å². The molecule has 3 heterocycles. The maximum Gasteiger partial charge on any atom is 0.331 e. The summed E-state index contributed by atoms with van der Waals surface area (Å²) in [6, 6.07) is 22.3. The molecule has 6 nitrogen and oxygen atoms in total. The summed E-state index contributed by atoms with van der Waals surface area (Å²) in [6.07, 6.45) is -0.499. The van der Waals surface area contributed by atoms with Crippen molar-refractivity contribution in [2.24, 2.45) is 14.1 Å². The Morgan fingerprint density at radius 1 is 0.806 bits per heavy atom. The average Bonchev–Trinajstić information content (AvgIpc) is 3.23. The topological polar surface area (TPSA) is 58.2 Å². The molecule has 1 aliphatic heterocycles. The van der Waals surface area contributed by atoms with Gasteiger partial charge in [-0.1, -0.05) is 60.2 Å². The van der Waals surface area contributed by atoms with E-state index in [1.165, 1.54) is 11.6 Å². The molecular formula is C30H27N3O3. The Hall–Kier alpha value is -4.32. The number of fused-ring (bicyclic) bond motifs is 5. The van der Waals surface area contributed by atoms with Crippen molar-refractivity contribution in [2.45, 2.75) is 26.9 Å². The lowest BCUT2D eigenvalue weighted by Crippen LogP contribution is -2.37. The van der Waals surface area contributed by atoms with E-state index in [1.807, 2.05) is 68.4 Å². The van der Waals surface area contributed by atoms with Gasteiger partial charge in [0.15, 0.2) is 6.10 Å². The van der Waals surface area contributed by atoms with E-state index in [0.717, 1.165) is 50.6 Å². The normalized spacial score (nSPS) is 14.4. The third kappa shape index (κ3) is 3.04. The third-order valence-corrected chi connectivity index (χ3v) is 7.25. The minimum Gasteiger partial charge on any atom is -0.477 e. The Balaban J connectivity index is 1.88. The molecule has 0 unspecified atom stereocenters. The number of hydrogen-bond donors (Lipinski definition) is 0. The standard InChI is InChI=1S/C30H27N3O3/c1-17-10-13-20(14-11-17)25-24-26(31(4)30(35)32(5)29(24)34)27-28(21-9-7-6-8-19(21)3)36-23-15-12-18(2)16-22(23)33(25)27/h6-16,28H,1-5H3/t28-/m1/s1. The highest BCUT2D eigenvalue weighted by atomic mass is 16.5. The van der Waals surface area contributed by atoms with Crippen molar-refractivity contribution in [3.8, 4) is 22.7 Å². The van der Waals surface area contributed by atoms with Gasteiger partial charge in [0.25, 0.3) is 5.56 Å². The van der Waals surface area contributed by atoms with Gasteiger partial charge in [-0.05, 0) is 49.6 Å². The summed E-state index contributed by atoms with van der Waals surface area (Å²) >= 11 is 0. The van der Waals surface area contributed by atoms with Crippen LogP contribution in [0.1, 0.15) is 34.1 Å². The van der Waals surface area contributed by atoms with Crippen molar-refractivity contribution < 1.29 is 4.74 Å². The van der Waals surface area contributed by atoms with Crippen molar-refractivity contribution in [3.05, 3.63) is 116 Å². The first kappa shape index (κ1) is 22.2. The van der Waals surface area contributed by atoms with E-state index >= 15 is 0 Å². The number of rotatable bonds is 2. The molecule has 2 aromatic heterocycles. The Morgan fingerprint density at radius 3 is 2.22 bits per heavy atom.